The number of rotatable bonds is 7. The van der Waals surface area contributed by atoms with Crippen LogP contribution in [0.5, 0.6) is 0 Å². The number of hydrogen-bond donors (Lipinski definition) is 6. The van der Waals surface area contributed by atoms with E-state index >= 15 is 0 Å². The van der Waals surface area contributed by atoms with Gasteiger partial charge >= 0.3 is 108 Å². The summed E-state index contributed by atoms with van der Waals surface area (Å²) < 4.78 is 1.05. The molecule has 0 aliphatic heterocycles. The Morgan fingerprint density at radius 3 is 1.48 bits per heavy atom. The van der Waals surface area contributed by atoms with Gasteiger partial charge in [0, 0.05) is 0 Å². The summed E-state index contributed by atoms with van der Waals surface area (Å²) in [5.41, 5.74) is 0. The third-order valence-electron chi connectivity index (χ3n) is 2.89. The van der Waals surface area contributed by atoms with Crippen LogP contribution in [-0.2, 0) is 41.9 Å². The summed E-state index contributed by atoms with van der Waals surface area (Å²) in [5, 5.41) is 0. The third-order valence-corrected chi connectivity index (χ3v) is 4.99. The monoisotopic (exact) mass is 461 g/mol. The first kappa shape index (κ1) is 29.4. The molecule has 0 saturated heterocycles. The molecule has 2 atom stereocenters. The van der Waals surface area contributed by atoms with E-state index in [1.165, 1.54) is 50.4 Å². The Labute approximate surface area is 160 Å². The van der Waals surface area contributed by atoms with Crippen LogP contribution in [0.15, 0.2) is 0 Å². The molecule has 0 aromatic rings. The summed E-state index contributed by atoms with van der Waals surface area (Å²) in [6.07, 6.45) is 7.14. The van der Waals surface area contributed by atoms with Gasteiger partial charge in [0.2, 0.25) is 0 Å². The minimum Gasteiger partial charge on any atom is -0.325 e. The molecule has 2 unspecified atom stereocenters. The second-order valence-electron chi connectivity index (χ2n) is 5.73. The van der Waals surface area contributed by atoms with Gasteiger partial charge in [-0.3, -0.25) is 0 Å². The topological polar surface area (TPSA) is 121 Å². The van der Waals surface area contributed by atoms with Crippen LogP contribution in [0.3, 0.4) is 0 Å². The third kappa shape index (κ3) is 45.3. The van der Waals surface area contributed by atoms with Crippen molar-refractivity contribution in [1.29, 1.82) is 0 Å². The number of unbranched alkanes of at least 4 members (excludes halogenated alkanes) is 1. The van der Waals surface area contributed by atoms with E-state index in [2.05, 4.69) is 51.3 Å². The molecule has 0 aromatic heterocycles. The quantitative estimate of drug-likeness (QED) is 0.252. The maximum absolute atomic E-state index is 7.56. The van der Waals surface area contributed by atoms with Crippen molar-refractivity contribution < 1.29 is 47.7 Å². The van der Waals surface area contributed by atoms with E-state index in [1.54, 1.807) is 0 Å². The van der Waals surface area contributed by atoms with E-state index in [4.69, 9.17) is 29.4 Å². The summed E-state index contributed by atoms with van der Waals surface area (Å²) >= 11 is 8.71. The van der Waals surface area contributed by atoms with Crippen LogP contribution in [0.1, 0.15) is 59.8 Å². The summed E-state index contributed by atoms with van der Waals surface area (Å²) in [6.45, 7) is 1.77. The molecule has 0 fully saturated rings. The van der Waals surface area contributed by atoms with Gasteiger partial charge in [0.1, 0.15) is 0 Å². The van der Waals surface area contributed by atoms with E-state index in [0.29, 0.717) is 0 Å². The first-order valence-electron chi connectivity index (χ1n) is 7.51. The van der Waals surface area contributed by atoms with Crippen molar-refractivity contribution >= 4 is 37.1 Å². The molecule has 0 bridgehead atoms. The van der Waals surface area contributed by atoms with Crippen molar-refractivity contribution in [2.45, 2.75) is 64.3 Å². The van der Waals surface area contributed by atoms with E-state index in [0.717, 1.165) is 16.3 Å². The van der Waals surface area contributed by atoms with Gasteiger partial charge in [-0.2, -0.15) is 0 Å². The average Bonchev–Trinajstić information content (AvgIpc) is 2.24. The van der Waals surface area contributed by atoms with Crippen LogP contribution in [0.25, 0.3) is 0 Å². The van der Waals surface area contributed by atoms with E-state index < -0.39 is 13.4 Å². The molecule has 0 aromatic carbocycles. The fourth-order valence-corrected chi connectivity index (χ4v) is 4.63. The minimum absolute atomic E-state index is 0.898. The zero-order valence-corrected chi connectivity index (χ0v) is 20.8. The summed E-state index contributed by atoms with van der Waals surface area (Å²) in [5.74, 6) is 1.93. The van der Waals surface area contributed by atoms with Crippen LogP contribution in [0, 0.1) is 11.8 Å². The average molecular weight is 463 g/mol. The molecule has 6 nitrogen and oxygen atoms in total. The fraction of sp³-hybridized carbons (Fsp3) is 1.00. The predicted octanol–water partition coefficient (Wildman–Crippen LogP) is 2.96. The molecule has 6 N–H and O–H groups in total. The normalized spacial score (nSPS) is 14.3. The summed E-state index contributed by atoms with van der Waals surface area (Å²) in [7, 11) is 0. The summed E-state index contributed by atoms with van der Waals surface area (Å²) in [6, 6.07) is 0. The van der Waals surface area contributed by atoms with Crippen LogP contribution < -0.4 is 0 Å². The molecule has 11 heteroatoms. The van der Waals surface area contributed by atoms with Gasteiger partial charge < -0.3 is 29.4 Å². The Hall–Kier alpha value is 1.68. The van der Waals surface area contributed by atoms with E-state index in [-0.39, 0.29) is 0 Å². The van der Waals surface area contributed by atoms with Gasteiger partial charge in [-0.15, -0.1) is 0 Å². The first-order chi connectivity index (χ1) is 10.1. The molecule has 0 amide bonds. The molecule has 23 heavy (non-hydrogen) atoms. The molecule has 0 aliphatic rings. The van der Waals surface area contributed by atoms with Crippen LogP contribution >= 0.6 is 13.4 Å². The zero-order chi connectivity index (χ0) is 19.3. The molecular formula is C12H31O6P2S2Zn. The SMILES string of the molecule is CCCCC(CC)[CH]([Zn])CC(C)C.OP(O)(O)=S.OP(O)(O)=S. The molecule has 0 saturated carbocycles. The largest absolute Gasteiger partial charge is 0.325 e. The molecule has 0 aliphatic carbocycles. The fourth-order valence-electron chi connectivity index (χ4n) is 2.04. The zero-order valence-electron chi connectivity index (χ0n) is 14.4. The second-order valence-corrected chi connectivity index (χ2v) is 12.9. The second kappa shape index (κ2) is 15.9. The van der Waals surface area contributed by atoms with Crippen molar-refractivity contribution in [3.8, 4) is 0 Å². The maximum Gasteiger partial charge on any atom is 0.319 e. The van der Waals surface area contributed by atoms with Gasteiger partial charge in [0.05, 0.1) is 0 Å². The maximum atomic E-state index is 7.56. The van der Waals surface area contributed by atoms with Crippen LogP contribution in [-0.4, -0.2) is 29.4 Å². The van der Waals surface area contributed by atoms with Crippen molar-refractivity contribution in [3.05, 3.63) is 0 Å². The molecule has 0 radical (unpaired) electrons. The first-order valence-corrected chi connectivity index (χ1v) is 14.5. The molecule has 0 spiro atoms. The molecule has 139 valence electrons. The van der Waals surface area contributed by atoms with Crippen LogP contribution in [0.2, 0.25) is 4.51 Å². The number of hydrogen-bond acceptors (Lipinski definition) is 2. The smallest absolute Gasteiger partial charge is 0.319 e. The van der Waals surface area contributed by atoms with Crippen molar-refractivity contribution in [3.63, 3.8) is 0 Å². The minimum atomic E-state index is -3.81. The van der Waals surface area contributed by atoms with Gasteiger partial charge in [-0.25, -0.2) is 0 Å². The van der Waals surface area contributed by atoms with Crippen molar-refractivity contribution in [2.75, 3.05) is 0 Å². The molecule has 0 heterocycles. The molecule has 0 rings (SSSR count). The van der Waals surface area contributed by atoms with Gasteiger partial charge in [0.25, 0.3) is 0 Å². The van der Waals surface area contributed by atoms with Gasteiger partial charge in [-0.1, -0.05) is 0 Å². The van der Waals surface area contributed by atoms with E-state index in [9.17, 15) is 0 Å². The predicted molar refractivity (Wildman–Crippen MR) is 98.4 cm³/mol. The van der Waals surface area contributed by atoms with Gasteiger partial charge in [-0.05, 0) is 23.6 Å². The summed E-state index contributed by atoms with van der Waals surface area (Å²) in [4.78, 5) is 45.3. The Morgan fingerprint density at radius 2 is 1.26 bits per heavy atom. The standard InChI is InChI=1S/C12H25.2H3O3PS.Zn/c1-5-7-8-12(6-2)10-9-11(3)4;2*1-4(2,3)5;/h10-12H,5-9H2,1-4H3;2*(H3,1,2,3,5);. The molecular weight excluding hydrogens is 432 g/mol. The van der Waals surface area contributed by atoms with E-state index in [1.807, 2.05) is 0 Å². The Bertz CT molecular complexity index is 325. The Morgan fingerprint density at radius 1 is 0.913 bits per heavy atom. The van der Waals surface area contributed by atoms with Gasteiger partial charge in [0.15, 0.2) is 0 Å². The Kier molecular flexibility index (Phi) is 20.4. The Balaban J connectivity index is -0.000000329. The van der Waals surface area contributed by atoms with Crippen LogP contribution in [0.4, 0.5) is 0 Å². The van der Waals surface area contributed by atoms with Crippen molar-refractivity contribution in [1.82, 2.24) is 0 Å². The van der Waals surface area contributed by atoms with Crippen molar-refractivity contribution in [2.24, 2.45) is 11.8 Å².